The van der Waals surface area contributed by atoms with Crippen LogP contribution in [0.4, 0.5) is 13.2 Å². The van der Waals surface area contributed by atoms with E-state index in [9.17, 15) is 22.8 Å². The monoisotopic (exact) mass is 362 g/mol. The van der Waals surface area contributed by atoms with Crippen LogP contribution in [0.1, 0.15) is 27.1 Å². The number of rotatable bonds is 2. The summed E-state index contributed by atoms with van der Waals surface area (Å²) in [4.78, 5) is 28.0. The topological polar surface area (TPSA) is 40.6 Å². The molecular weight excluding hydrogens is 345 g/mol. The van der Waals surface area contributed by atoms with E-state index in [0.29, 0.717) is 19.5 Å². The van der Waals surface area contributed by atoms with E-state index in [4.69, 9.17) is 0 Å². The average Bonchev–Trinajstić information content (AvgIpc) is 2.89. The minimum absolute atomic E-state index is 0.00659. The molecule has 1 saturated heterocycles. The maximum atomic E-state index is 13.8. The molecule has 2 aromatic carbocycles. The molecule has 4 nitrogen and oxygen atoms in total. The van der Waals surface area contributed by atoms with Crippen LogP contribution in [0.2, 0.25) is 0 Å². The van der Waals surface area contributed by atoms with Crippen LogP contribution >= 0.6 is 0 Å². The Morgan fingerprint density at radius 1 is 0.731 bits per heavy atom. The molecule has 0 saturated carbocycles. The highest BCUT2D eigenvalue weighted by atomic mass is 19.2. The molecule has 1 aliphatic heterocycles. The second-order valence-corrected chi connectivity index (χ2v) is 6.05. The van der Waals surface area contributed by atoms with Crippen LogP contribution in [-0.4, -0.2) is 47.8 Å². The summed E-state index contributed by atoms with van der Waals surface area (Å²) in [7, 11) is 0. The summed E-state index contributed by atoms with van der Waals surface area (Å²) in [5.41, 5.74) is 0.0469. The third-order valence-corrected chi connectivity index (χ3v) is 4.34. The Labute approximate surface area is 148 Å². The van der Waals surface area contributed by atoms with Gasteiger partial charge in [-0.25, -0.2) is 13.2 Å². The van der Waals surface area contributed by atoms with Crippen LogP contribution in [0.3, 0.4) is 0 Å². The van der Waals surface area contributed by atoms with Crippen molar-refractivity contribution in [3.63, 3.8) is 0 Å². The van der Waals surface area contributed by atoms with Gasteiger partial charge in [0.1, 0.15) is 5.82 Å². The minimum atomic E-state index is -1.08. The number of carbonyl (C=O) groups is 2. The van der Waals surface area contributed by atoms with E-state index in [1.54, 1.807) is 6.07 Å². The van der Waals surface area contributed by atoms with Gasteiger partial charge in [-0.3, -0.25) is 9.59 Å². The van der Waals surface area contributed by atoms with Gasteiger partial charge in [0.05, 0.1) is 5.56 Å². The number of hydrogen-bond donors (Lipinski definition) is 0. The third-order valence-electron chi connectivity index (χ3n) is 4.34. The van der Waals surface area contributed by atoms with Crippen LogP contribution in [0.15, 0.2) is 42.5 Å². The van der Waals surface area contributed by atoms with E-state index in [0.717, 1.165) is 12.1 Å². The van der Waals surface area contributed by atoms with Crippen LogP contribution < -0.4 is 0 Å². The molecule has 0 unspecified atom stereocenters. The zero-order chi connectivity index (χ0) is 18.7. The van der Waals surface area contributed by atoms with Gasteiger partial charge in [0.15, 0.2) is 11.6 Å². The zero-order valence-corrected chi connectivity index (χ0v) is 13.9. The maximum Gasteiger partial charge on any atom is 0.256 e. The first-order chi connectivity index (χ1) is 12.5. The molecule has 3 rings (SSSR count). The molecular formula is C19H17F3N2O2. The van der Waals surface area contributed by atoms with Crippen LogP contribution in [0, 0.1) is 17.5 Å². The summed E-state index contributed by atoms with van der Waals surface area (Å²) in [6, 6.07) is 8.76. The van der Waals surface area contributed by atoms with Crippen molar-refractivity contribution >= 4 is 11.8 Å². The molecule has 136 valence electrons. The van der Waals surface area contributed by atoms with Crippen LogP contribution in [0.25, 0.3) is 0 Å². The van der Waals surface area contributed by atoms with Gasteiger partial charge in [0.2, 0.25) is 0 Å². The number of amides is 2. The number of benzene rings is 2. The van der Waals surface area contributed by atoms with Gasteiger partial charge < -0.3 is 9.80 Å². The molecule has 26 heavy (non-hydrogen) atoms. The van der Waals surface area contributed by atoms with Crippen molar-refractivity contribution in [3.8, 4) is 0 Å². The van der Waals surface area contributed by atoms with E-state index in [1.807, 2.05) is 0 Å². The Morgan fingerprint density at radius 3 is 2.04 bits per heavy atom. The largest absolute Gasteiger partial charge is 0.337 e. The Morgan fingerprint density at radius 2 is 1.38 bits per heavy atom. The first-order valence-corrected chi connectivity index (χ1v) is 8.25. The Bertz CT molecular complexity index is 841. The molecule has 2 aromatic rings. The third kappa shape index (κ3) is 3.71. The molecule has 1 aliphatic rings. The smallest absolute Gasteiger partial charge is 0.256 e. The normalized spacial score (nSPS) is 14.9. The lowest BCUT2D eigenvalue weighted by Crippen LogP contribution is -2.37. The summed E-state index contributed by atoms with van der Waals surface area (Å²) >= 11 is 0. The highest BCUT2D eigenvalue weighted by Gasteiger charge is 2.25. The summed E-state index contributed by atoms with van der Waals surface area (Å²) in [5.74, 6) is -3.54. The van der Waals surface area contributed by atoms with E-state index in [-0.39, 0.29) is 24.2 Å². The van der Waals surface area contributed by atoms with Gasteiger partial charge in [0, 0.05) is 31.7 Å². The van der Waals surface area contributed by atoms with E-state index in [2.05, 4.69) is 0 Å². The molecule has 1 fully saturated rings. The number of nitrogens with zero attached hydrogens (tertiary/aromatic N) is 2. The molecule has 0 N–H and O–H groups in total. The quantitative estimate of drug-likeness (QED) is 0.824. The SMILES string of the molecule is O=C(c1ccc(F)c(F)c1)N1CCCN(C(=O)c2ccccc2F)CC1. The Balaban J connectivity index is 1.70. The van der Waals surface area contributed by atoms with Crippen molar-refractivity contribution in [2.45, 2.75) is 6.42 Å². The van der Waals surface area contributed by atoms with Gasteiger partial charge >= 0.3 is 0 Å². The Hall–Kier alpha value is -2.83. The second-order valence-electron chi connectivity index (χ2n) is 6.05. The predicted molar refractivity (Wildman–Crippen MR) is 89.2 cm³/mol. The van der Waals surface area contributed by atoms with E-state index >= 15 is 0 Å². The summed E-state index contributed by atoms with van der Waals surface area (Å²) in [6.45, 7) is 1.23. The first-order valence-electron chi connectivity index (χ1n) is 8.25. The van der Waals surface area contributed by atoms with Crippen molar-refractivity contribution in [1.29, 1.82) is 0 Å². The summed E-state index contributed by atoms with van der Waals surface area (Å²) < 4.78 is 40.2. The fourth-order valence-corrected chi connectivity index (χ4v) is 2.94. The van der Waals surface area contributed by atoms with E-state index < -0.39 is 29.3 Å². The standard InChI is InChI=1S/C19H17F3N2O2/c20-15-5-2-1-4-14(15)19(26)24-9-3-8-23(10-11-24)18(25)13-6-7-16(21)17(22)12-13/h1-2,4-7,12H,3,8-11H2. The van der Waals surface area contributed by atoms with Crippen molar-refractivity contribution in [3.05, 3.63) is 71.0 Å². The van der Waals surface area contributed by atoms with Gasteiger partial charge in [-0.15, -0.1) is 0 Å². The number of hydrogen-bond acceptors (Lipinski definition) is 2. The van der Waals surface area contributed by atoms with Crippen LogP contribution in [0.5, 0.6) is 0 Å². The first kappa shape index (κ1) is 18.0. The van der Waals surface area contributed by atoms with Crippen molar-refractivity contribution in [2.24, 2.45) is 0 Å². The predicted octanol–water partition coefficient (Wildman–Crippen LogP) is 3.09. The minimum Gasteiger partial charge on any atom is -0.337 e. The Kier molecular flexibility index (Phi) is 5.25. The van der Waals surface area contributed by atoms with Gasteiger partial charge in [-0.1, -0.05) is 12.1 Å². The average molecular weight is 362 g/mol. The van der Waals surface area contributed by atoms with Gasteiger partial charge in [0.25, 0.3) is 11.8 Å². The molecule has 2 amide bonds. The number of halogens is 3. The highest BCUT2D eigenvalue weighted by molar-refractivity contribution is 5.95. The summed E-state index contributed by atoms with van der Waals surface area (Å²) in [6.07, 6.45) is 0.510. The fourth-order valence-electron chi connectivity index (χ4n) is 2.94. The number of carbonyl (C=O) groups excluding carboxylic acids is 2. The summed E-state index contributed by atoms with van der Waals surface area (Å²) in [5, 5.41) is 0. The maximum absolute atomic E-state index is 13.8. The molecule has 1 heterocycles. The second kappa shape index (κ2) is 7.59. The molecule has 0 aliphatic carbocycles. The van der Waals surface area contributed by atoms with Gasteiger partial charge in [-0.05, 0) is 36.8 Å². The van der Waals surface area contributed by atoms with Crippen molar-refractivity contribution < 1.29 is 22.8 Å². The lowest BCUT2D eigenvalue weighted by Gasteiger charge is -2.22. The lowest BCUT2D eigenvalue weighted by molar-refractivity contribution is 0.0716. The zero-order valence-electron chi connectivity index (χ0n) is 13.9. The molecule has 0 aromatic heterocycles. The van der Waals surface area contributed by atoms with Crippen LogP contribution in [-0.2, 0) is 0 Å². The van der Waals surface area contributed by atoms with E-state index in [1.165, 1.54) is 34.1 Å². The molecule has 7 heteroatoms. The molecule has 0 radical (unpaired) electrons. The highest BCUT2D eigenvalue weighted by Crippen LogP contribution is 2.15. The van der Waals surface area contributed by atoms with Crippen molar-refractivity contribution in [1.82, 2.24) is 9.80 Å². The van der Waals surface area contributed by atoms with Crippen molar-refractivity contribution in [2.75, 3.05) is 26.2 Å². The molecule has 0 bridgehead atoms. The van der Waals surface area contributed by atoms with Gasteiger partial charge in [-0.2, -0.15) is 0 Å². The molecule has 0 spiro atoms. The fraction of sp³-hybridized carbons (Fsp3) is 0.263. The lowest BCUT2D eigenvalue weighted by atomic mass is 10.2. The molecule has 0 atom stereocenters.